The first-order valence-electron chi connectivity index (χ1n) is 6.53. The Labute approximate surface area is 142 Å². The summed E-state index contributed by atoms with van der Waals surface area (Å²) in [6.45, 7) is -0.658. The summed E-state index contributed by atoms with van der Waals surface area (Å²) < 4.78 is 26.4. The second kappa shape index (κ2) is 6.85. The number of anilines is 1. The predicted octanol–water partition coefficient (Wildman–Crippen LogP) is 1.93. The number of benzene rings is 2. The summed E-state index contributed by atoms with van der Waals surface area (Å²) in [5.74, 6) is -0.899. The van der Waals surface area contributed by atoms with Crippen molar-refractivity contribution in [3.63, 3.8) is 0 Å². The molecule has 126 valence electrons. The average Bonchev–Trinajstić information content (AvgIpc) is 2.53. The van der Waals surface area contributed by atoms with Crippen LogP contribution >= 0.6 is 11.6 Å². The number of primary amides is 1. The third-order valence-electron chi connectivity index (χ3n) is 3.04. The van der Waals surface area contributed by atoms with Crippen molar-refractivity contribution in [3.8, 4) is 0 Å². The molecule has 0 saturated carbocycles. The highest BCUT2D eigenvalue weighted by molar-refractivity contribution is 7.92. The van der Waals surface area contributed by atoms with E-state index in [9.17, 15) is 23.3 Å². The number of sulfonamides is 1. The van der Waals surface area contributed by atoms with Gasteiger partial charge in [0.15, 0.2) is 0 Å². The molecule has 2 aromatic carbocycles. The molecule has 0 unspecified atom stereocenters. The maximum atomic E-state index is 12.8. The minimum atomic E-state index is -4.28. The number of nitro benzene ring substituents is 1. The van der Waals surface area contributed by atoms with Gasteiger partial charge in [-0.15, -0.1) is 0 Å². The number of hydrogen-bond donors (Lipinski definition) is 1. The molecule has 0 heterocycles. The fourth-order valence-corrected chi connectivity index (χ4v) is 3.76. The maximum absolute atomic E-state index is 12.8. The number of carbonyl (C=O) groups excluding carboxylic acids is 1. The SMILES string of the molecule is NC(=O)CN(c1ccccc1Cl)S(=O)(=O)c1cccc([N+](=O)[O-])c1. The van der Waals surface area contributed by atoms with Crippen molar-refractivity contribution in [2.75, 3.05) is 10.8 Å². The van der Waals surface area contributed by atoms with E-state index in [-0.39, 0.29) is 15.6 Å². The van der Waals surface area contributed by atoms with Crippen molar-refractivity contribution < 1.29 is 18.1 Å². The summed E-state index contributed by atoms with van der Waals surface area (Å²) in [4.78, 5) is 21.1. The molecule has 2 aromatic rings. The van der Waals surface area contributed by atoms with Crippen LogP contribution in [0.25, 0.3) is 0 Å². The molecule has 1 amide bonds. The highest BCUT2D eigenvalue weighted by Gasteiger charge is 2.29. The second-order valence-corrected chi connectivity index (χ2v) is 6.95. The lowest BCUT2D eigenvalue weighted by Crippen LogP contribution is -2.38. The molecule has 0 radical (unpaired) electrons. The fraction of sp³-hybridized carbons (Fsp3) is 0.0714. The number of amides is 1. The standard InChI is InChI=1S/C14H12ClN3O5S/c15-12-6-1-2-7-13(12)17(9-14(16)19)24(22,23)11-5-3-4-10(8-11)18(20)21/h1-8H,9H2,(H2,16,19). The Morgan fingerprint density at radius 1 is 1.21 bits per heavy atom. The molecule has 0 atom stereocenters. The van der Waals surface area contributed by atoms with Gasteiger partial charge in [0.1, 0.15) is 6.54 Å². The number of para-hydroxylation sites is 1. The van der Waals surface area contributed by atoms with Crippen LogP contribution in [0.5, 0.6) is 0 Å². The largest absolute Gasteiger partial charge is 0.368 e. The summed E-state index contributed by atoms with van der Waals surface area (Å²) in [6, 6.07) is 10.5. The zero-order chi connectivity index (χ0) is 17.9. The Kier molecular flexibility index (Phi) is 5.05. The van der Waals surface area contributed by atoms with Crippen LogP contribution in [-0.4, -0.2) is 25.8 Å². The Hall–Kier alpha value is -2.65. The van der Waals surface area contributed by atoms with E-state index in [0.29, 0.717) is 0 Å². The van der Waals surface area contributed by atoms with Crippen LogP contribution in [0, 0.1) is 10.1 Å². The Morgan fingerprint density at radius 2 is 1.88 bits per heavy atom. The van der Waals surface area contributed by atoms with E-state index in [1.807, 2.05) is 0 Å². The fourth-order valence-electron chi connectivity index (χ4n) is 1.98. The Morgan fingerprint density at radius 3 is 2.46 bits per heavy atom. The lowest BCUT2D eigenvalue weighted by Gasteiger charge is -2.24. The van der Waals surface area contributed by atoms with Crippen molar-refractivity contribution in [3.05, 3.63) is 63.7 Å². The lowest BCUT2D eigenvalue weighted by atomic mass is 10.3. The summed E-state index contributed by atoms with van der Waals surface area (Å²) >= 11 is 6.01. The third kappa shape index (κ3) is 3.63. The van der Waals surface area contributed by atoms with Crippen LogP contribution in [0.2, 0.25) is 5.02 Å². The van der Waals surface area contributed by atoms with Gasteiger partial charge in [0.25, 0.3) is 15.7 Å². The Balaban J connectivity index is 2.60. The first kappa shape index (κ1) is 17.7. The molecule has 10 heteroatoms. The van der Waals surface area contributed by atoms with Crippen LogP contribution in [-0.2, 0) is 14.8 Å². The minimum Gasteiger partial charge on any atom is -0.368 e. The molecule has 2 rings (SSSR count). The second-order valence-electron chi connectivity index (χ2n) is 4.68. The third-order valence-corrected chi connectivity index (χ3v) is 5.11. The van der Waals surface area contributed by atoms with Gasteiger partial charge in [-0.05, 0) is 18.2 Å². The highest BCUT2D eigenvalue weighted by Crippen LogP contribution is 2.31. The first-order valence-corrected chi connectivity index (χ1v) is 8.35. The zero-order valence-corrected chi connectivity index (χ0v) is 13.7. The van der Waals surface area contributed by atoms with Crippen LogP contribution in [0.4, 0.5) is 11.4 Å². The van der Waals surface area contributed by atoms with Gasteiger partial charge in [-0.2, -0.15) is 0 Å². The molecule has 0 aromatic heterocycles. The molecule has 0 fully saturated rings. The van der Waals surface area contributed by atoms with E-state index in [1.165, 1.54) is 30.3 Å². The van der Waals surface area contributed by atoms with Crippen molar-refractivity contribution in [2.45, 2.75) is 4.90 Å². The van der Waals surface area contributed by atoms with Crippen LogP contribution in [0.1, 0.15) is 0 Å². The topological polar surface area (TPSA) is 124 Å². The van der Waals surface area contributed by atoms with Gasteiger partial charge in [-0.1, -0.05) is 29.8 Å². The highest BCUT2D eigenvalue weighted by atomic mass is 35.5. The molecule has 0 aliphatic carbocycles. The van der Waals surface area contributed by atoms with Gasteiger partial charge < -0.3 is 5.73 Å². The number of nitrogens with zero attached hydrogens (tertiary/aromatic N) is 2. The zero-order valence-electron chi connectivity index (χ0n) is 12.1. The number of nitro groups is 1. The predicted molar refractivity (Wildman–Crippen MR) is 88.3 cm³/mol. The summed E-state index contributed by atoms with van der Waals surface area (Å²) in [6.07, 6.45) is 0. The number of nitrogens with two attached hydrogens (primary N) is 1. The van der Waals surface area contributed by atoms with E-state index in [1.54, 1.807) is 6.07 Å². The maximum Gasteiger partial charge on any atom is 0.270 e. The molecule has 0 spiro atoms. The summed E-state index contributed by atoms with van der Waals surface area (Å²) in [7, 11) is -4.28. The van der Waals surface area contributed by atoms with Crippen molar-refractivity contribution in [2.24, 2.45) is 5.73 Å². The van der Waals surface area contributed by atoms with Crippen LogP contribution < -0.4 is 10.0 Å². The molecule has 0 aliphatic heterocycles. The van der Waals surface area contributed by atoms with Gasteiger partial charge in [0.05, 0.1) is 20.5 Å². The quantitative estimate of drug-likeness (QED) is 0.615. The van der Waals surface area contributed by atoms with E-state index < -0.39 is 33.1 Å². The number of carbonyl (C=O) groups is 1. The monoisotopic (exact) mass is 369 g/mol. The summed E-state index contributed by atoms with van der Waals surface area (Å²) in [5.41, 5.74) is 4.79. The minimum absolute atomic E-state index is 0.0458. The number of hydrogen-bond acceptors (Lipinski definition) is 5. The molecule has 0 aliphatic rings. The van der Waals surface area contributed by atoms with E-state index in [4.69, 9.17) is 17.3 Å². The van der Waals surface area contributed by atoms with Gasteiger partial charge in [-0.3, -0.25) is 19.2 Å². The average molecular weight is 370 g/mol. The normalized spacial score (nSPS) is 11.0. The number of halogens is 1. The van der Waals surface area contributed by atoms with Crippen molar-refractivity contribution >= 4 is 38.9 Å². The molecule has 8 nitrogen and oxygen atoms in total. The van der Waals surface area contributed by atoms with Crippen molar-refractivity contribution in [1.29, 1.82) is 0 Å². The molecular formula is C14H12ClN3O5S. The van der Waals surface area contributed by atoms with E-state index >= 15 is 0 Å². The molecule has 2 N–H and O–H groups in total. The van der Waals surface area contributed by atoms with Crippen LogP contribution in [0.3, 0.4) is 0 Å². The van der Waals surface area contributed by atoms with E-state index in [2.05, 4.69) is 0 Å². The van der Waals surface area contributed by atoms with Crippen molar-refractivity contribution in [1.82, 2.24) is 0 Å². The van der Waals surface area contributed by atoms with Gasteiger partial charge in [-0.25, -0.2) is 8.42 Å². The lowest BCUT2D eigenvalue weighted by molar-refractivity contribution is -0.385. The number of rotatable bonds is 6. The molecule has 0 saturated heterocycles. The van der Waals surface area contributed by atoms with E-state index in [0.717, 1.165) is 16.4 Å². The van der Waals surface area contributed by atoms with Gasteiger partial charge >= 0.3 is 0 Å². The number of non-ortho nitro benzene ring substituents is 1. The molecule has 0 bridgehead atoms. The van der Waals surface area contributed by atoms with Gasteiger partial charge in [0, 0.05) is 12.1 Å². The molecule has 24 heavy (non-hydrogen) atoms. The van der Waals surface area contributed by atoms with Gasteiger partial charge in [0.2, 0.25) is 5.91 Å². The summed E-state index contributed by atoms with van der Waals surface area (Å²) in [5, 5.41) is 10.9. The smallest absolute Gasteiger partial charge is 0.270 e. The molecular weight excluding hydrogens is 358 g/mol. The van der Waals surface area contributed by atoms with Crippen LogP contribution in [0.15, 0.2) is 53.4 Å². The Bertz CT molecular complexity index is 901. The first-order chi connectivity index (χ1) is 11.2.